The monoisotopic (exact) mass is 371 g/mol. The molecule has 0 aliphatic carbocycles. The van der Waals surface area contributed by atoms with E-state index in [4.69, 9.17) is 11.6 Å². The second kappa shape index (κ2) is 7.76. The number of carbonyl (C=O) groups excluding carboxylic acids is 1. The van der Waals surface area contributed by atoms with E-state index in [1.165, 1.54) is 12.5 Å². The Hall–Kier alpha value is -2.24. The predicted molar refractivity (Wildman–Crippen MR) is 103 cm³/mol. The molecule has 3 aromatic rings. The number of amides is 1. The number of aromatic nitrogens is 2. The van der Waals surface area contributed by atoms with Gasteiger partial charge < -0.3 is 5.32 Å². The first kappa shape index (κ1) is 17.6. The van der Waals surface area contributed by atoms with Gasteiger partial charge in [0.1, 0.15) is 5.82 Å². The zero-order chi connectivity index (χ0) is 17.8. The number of anilines is 1. The standard InChI is InChI=1S/C19H18ClN3OS/c1-12(8-14-4-3-5-16(20)9-14)18-19(25-11-22-18)15-6-7-21-17(10-15)23-13(2)24/h3-7,9-12H,8H2,1-2H3,(H,21,23,24). The maximum Gasteiger partial charge on any atom is 0.222 e. The summed E-state index contributed by atoms with van der Waals surface area (Å²) in [5.41, 5.74) is 5.10. The van der Waals surface area contributed by atoms with E-state index in [9.17, 15) is 4.79 Å². The van der Waals surface area contributed by atoms with Crippen LogP contribution in [0.2, 0.25) is 5.02 Å². The summed E-state index contributed by atoms with van der Waals surface area (Å²) in [6, 6.07) is 11.7. The van der Waals surface area contributed by atoms with Gasteiger partial charge in [-0.25, -0.2) is 9.97 Å². The van der Waals surface area contributed by atoms with Crippen molar-refractivity contribution >= 4 is 34.7 Å². The Morgan fingerprint density at radius 2 is 2.12 bits per heavy atom. The number of hydrogen-bond donors (Lipinski definition) is 1. The maximum atomic E-state index is 11.2. The van der Waals surface area contributed by atoms with Gasteiger partial charge in [-0.2, -0.15) is 0 Å². The van der Waals surface area contributed by atoms with Crippen molar-refractivity contribution in [2.24, 2.45) is 0 Å². The van der Waals surface area contributed by atoms with Crippen LogP contribution < -0.4 is 5.32 Å². The molecular formula is C19H18ClN3OS. The highest BCUT2D eigenvalue weighted by atomic mass is 35.5. The molecular weight excluding hydrogens is 354 g/mol. The topological polar surface area (TPSA) is 54.9 Å². The molecule has 0 aliphatic heterocycles. The van der Waals surface area contributed by atoms with Crippen LogP contribution in [-0.4, -0.2) is 15.9 Å². The second-order valence-corrected chi connectivity index (χ2v) is 7.20. The van der Waals surface area contributed by atoms with Crippen LogP contribution in [0.15, 0.2) is 48.1 Å². The van der Waals surface area contributed by atoms with Crippen molar-refractivity contribution < 1.29 is 4.79 Å². The van der Waals surface area contributed by atoms with Crippen LogP contribution in [0, 0.1) is 0 Å². The molecule has 0 saturated heterocycles. The van der Waals surface area contributed by atoms with E-state index in [-0.39, 0.29) is 11.8 Å². The number of nitrogens with zero attached hydrogens (tertiary/aromatic N) is 2. The third-order valence-electron chi connectivity index (χ3n) is 3.82. The van der Waals surface area contributed by atoms with Crippen LogP contribution in [0.25, 0.3) is 10.4 Å². The van der Waals surface area contributed by atoms with Crippen molar-refractivity contribution in [2.45, 2.75) is 26.2 Å². The fourth-order valence-corrected chi connectivity index (χ4v) is 3.88. The fraction of sp³-hybridized carbons (Fsp3) is 0.211. The molecule has 1 atom stereocenters. The number of nitrogens with one attached hydrogen (secondary N) is 1. The molecule has 2 aromatic heterocycles. The first-order valence-electron chi connectivity index (χ1n) is 7.95. The second-order valence-electron chi connectivity index (χ2n) is 5.91. The first-order chi connectivity index (χ1) is 12.0. The van der Waals surface area contributed by atoms with Crippen molar-refractivity contribution in [2.75, 3.05) is 5.32 Å². The lowest BCUT2D eigenvalue weighted by Crippen LogP contribution is -2.07. The molecule has 128 valence electrons. The minimum absolute atomic E-state index is 0.136. The third-order valence-corrected chi connectivity index (χ3v) is 4.95. The van der Waals surface area contributed by atoms with Gasteiger partial charge in [0.05, 0.1) is 16.1 Å². The molecule has 0 fully saturated rings. The Morgan fingerprint density at radius 3 is 2.88 bits per heavy atom. The molecule has 0 radical (unpaired) electrons. The molecule has 6 heteroatoms. The van der Waals surface area contributed by atoms with Gasteiger partial charge in [0.15, 0.2) is 0 Å². The summed E-state index contributed by atoms with van der Waals surface area (Å²) >= 11 is 7.68. The van der Waals surface area contributed by atoms with Crippen molar-refractivity contribution in [1.29, 1.82) is 0 Å². The van der Waals surface area contributed by atoms with Crippen LogP contribution in [0.1, 0.15) is 31.0 Å². The Kier molecular flexibility index (Phi) is 5.46. The number of carbonyl (C=O) groups is 1. The molecule has 25 heavy (non-hydrogen) atoms. The summed E-state index contributed by atoms with van der Waals surface area (Å²) in [7, 11) is 0. The number of pyridine rings is 1. The summed E-state index contributed by atoms with van der Waals surface area (Å²) in [6.45, 7) is 3.63. The molecule has 0 aliphatic rings. The Balaban J connectivity index is 1.86. The van der Waals surface area contributed by atoms with Crippen molar-refractivity contribution in [3.63, 3.8) is 0 Å². The van der Waals surface area contributed by atoms with Gasteiger partial charge in [0.25, 0.3) is 0 Å². The minimum atomic E-state index is -0.136. The molecule has 0 bridgehead atoms. The summed E-state index contributed by atoms with van der Waals surface area (Å²) < 4.78 is 0. The van der Waals surface area contributed by atoms with Crippen LogP contribution in [0.5, 0.6) is 0 Å². The normalized spacial score (nSPS) is 12.0. The van der Waals surface area contributed by atoms with E-state index in [0.717, 1.165) is 27.6 Å². The van der Waals surface area contributed by atoms with Crippen LogP contribution >= 0.6 is 22.9 Å². The SMILES string of the molecule is CC(=O)Nc1cc(-c2scnc2C(C)Cc2cccc(Cl)c2)ccn1. The molecule has 1 unspecified atom stereocenters. The highest BCUT2D eigenvalue weighted by molar-refractivity contribution is 7.13. The lowest BCUT2D eigenvalue weighted by Gasteiger charge is -2.12. The Morgan fingerprint density at radius 1 is 1.28 bits per heavy atom. The van der Waals surface area contributed by atoms with Crippen molar-refractivity contribution in [3.8, 4) is 10.4 Å². The maximum absolute atomic E-state index is 11.2. The smallest absolute Gasteiger partial charge is 0.222 e. The van der Waals surface area contributed by atoms with Crippen LogP contribution in [0.4, 0.5) is 5.82 Å². The number of halogens is 1. The fourth-order valence-electron chi connectivity index (χ4n) is 2.76. The van der Waals surface area contributed by atoms with Gasteiger partial charge >= 0.3 is 0 Å². The number of rotatable bonds is 5. The van der Waals surface area contributed by atoms with Gasteiger partial charge in [-0.3, -0.25) is 4.79 Å². The predicted octanol–water partition coefficient (Wildman–Crippen LogP) is 5.16. The zero-order valence-electron chi connectivity index (χ0n) is 14.0. The minimum Gasteiger partial charge on any atom is -0.311 e. The van der Waals surface area contributed by atoms with E-state index in [0.29, 0.717) is 5.82 Å². The number of hydrogen-bond acceptors (Lipinski definition) is 4. The lowest BCUT2D eigenvalue weighted by molar-refractivity contribution is -0.114. The molecule has 0 saturated carbocycles. The van der Waals surface area contributed by atoms with E-state index in [2.05, 4.69) is 28.3 Å². The van der Waals surface area contributed by atoms with Crippen LogP contribution in [0.3, 0.4) is 0 Å². The Bertz CT molecular complexity index is 894. The summed E-state index contributed by atoms with van der Waals surface area (Å²) in [5, 5.41) is 3.47. The van der Waals surface area contributed by atoms with Gasteiger partial charge in [0.2, 0.25) is 5.91 Å². The Labute approximate surface area is 155 Å². The highest BCUT2D eigenvalue weighted by Crippen LogP contribution is 2.34. The van der Waals surface area contributed by atoms with E-state index in [1.54, 1.807) is 17.5 Å². The molecule has 2 heterocycles. The average molecular weight is 372 g/mol. The van der Waals surface area contributed by atoms with Gasteiger partial charge in [-0.15, -0.1) is 11.3 Å². The lowest BCUT2D eigenvalue weighted by atomic mass is 9.96. The van der Waals surface area contributed by atoms with Crippen molar-refractivity contribution in [3.05, 3.63) is 64.4 Å². The van der Waals surface area contributed by atoms with E-state index >= 15 is 0 Å². The molecule has 4 nitrogen and oxygen atoms in total. The molecule has 3 rings (SSSR count). The third kappa shape index (κ3) is 4.44. The molecule has 1 amide bonds. The van der Waals surface area contributed by atoms with Crippen LogP contribution in [-0.2, 0) is 11.2 Å². The van der Waals surface area contributed by atoms with Gasteiger partial charge in [0, 0.05) is 24.1 Å². The van der Waals surface area contributed by atoms with E-state index in [1.807, 2.05) is 35.8 Å². The van der Waals surface area contributed by atoms with Crippen molar-refractivity contribution in [1.82, 2.24) is 9.97 Å². The summed E-state index contributed by atoms with van der Waals surface area (Å²) in [6.07, 6.45) is 2.56. The molecule has 1 N–H and O–H groups in total. The van der Waals surface area contributed by atoms with E-state index < -0.39 is 0 Å². The summed E-state index contributed by atoms with van der Waals surface area (Å²) in [5.74, 6) is 0.660. The average Bonchev–Trinajstić information content (AvgIpc) is 3.04. The molecule has 0 spiro atoms. The number of thiazole rings is 1. The largest absolute Gasteiger partial charge is 0.311 e. The molecule has 1 aromatic carbocycles. The zero-order valence-corrected chi connectivity index (χ0v) is 15.6. The number of benzene rings is 1. The first-order valence-corrected chi connectivity index (χ1v) is 9.20. The summed E-state index contributed by atoms with van der Waals surface area (Å²) in [4.78, 5) is 21.1. The van der Waals surface area contributed by atoms with Gasteiger partial charge in [-0.05, 0) is 41.8 Å². The highest BCUT2D eigenvalue weighted by Gasteiger charge is 2.17. The van der Waals surface area contributed by atoms with Gasteiger partial charge in [-0.1, -0.05) is 30.7 Å². The quantitative estimate of drug-likeness (QED) is 0.673.